The van der Waals surface area contributed by atoms with Crippen LogP contribution < -0.4 is 15.2 Å². The molecule has 7 heteroatoms. The van der Waals surface area contributed by atoms with Crippen molar-refractivity contribution in [1.82, 2.24) is 0 Å². The van der Waals surface area contributed by atoms with Crippen LogP contribution in [0.4, 0.5) is 5.69 Å². The lowest BCUT2D eigenvalue weighted by Crippen LogP contribution is -2.12. The second-order valence-corrected chi connectivity index (χ2v) is 6.60. The smallest absolute Gasteiger partial charge is 0.256 e. The maximum atomic E-state index is 12.1. The quantitative estimate of drug-likeness (QED) is 0.839. The van der Waals surface area contributed by atoms with Gasteiger partial charge in [-0.05, 0) is 42.0 Å². The van der Waals surface area contributed by atoms with Crippen molar-refractivity contribution in [1.29, 1.82) is 0 Å². The van der Waals surface area contributed by atoms with Crippen molar-refractivity contribution in [2.24, 2.45) is 5.14 Å². The number of ether oxygens (including phenoxy) is 1. The van der Waals surface area contributed by atoms with Crippen molar-refractivity contribution in [3.05, 3.63) is 53.6 Å². The van der Waals surface area contributed by atoms with Gasteiger partial charge >= 0.3 is 0 Å². The zero-order valence-electron chi connectivity index (χ0n) is 12.2. The lowest BCUT2D eigenvalue weighted by atomic mass is 10.0. The average molecular weight is 330 g/mol. The Hall–Kier alpha value is -2.64. The summed E-state index contributed by atoms with van der Waals surface area (Å²) in [6.45, 7) is 0. The van der Waals surface area contributed by atoms with Crippen molar-refractivity contribution in [2.45, 2.75) is 4.90 Å². The molecule has 1 heterocycles. The Kier molecular flexibility index (Phi) is 3.67. The molecule has 0 radical (unpaired) electrons. The molecule has 0 aliphatic carbocycles. The molecule has 0 atom stereocenters. The van der Waals surface area contributed by atoms with Crippen LogP contribution in [-0.4, -0.2) is 21.4 Å². The van der Waals surface area contributed by atoms with Crippen LogP contribution in [0.1, 0.15) is 11.1 Å². The van der Waals surface area contributed by atoms with Crippen molar-refractivity contribution in [2.75, 3.05) is 12.4 Å². The van der Waals surface area contributed by atoms with E-state index in [1.807, 2.05) is 0 Å². The summed E-state index contributed by atoms with van der Waals surface area (Å²) in [6.07, 6.45) is 1.69. The first-order valence-corrected chi connectivity index (χ1v) is 8.27. The molecule has 1 aliphatic rings. The van der Waals surface area contributed by atoms with E-state index in [0.29, 0.717) is 22.6 Å². The van der Waals surface area contributed by atoms with E-state index in [-0.39, 0.29) is 10.8 Å². The third kappa shape index (κ3) is 2.96. The number of hydrogen-bond donors (Lipinski definition) is 2. The topological polar surface area (TPSA) is 98.5 Å². The summed E-state index contributed by atoms with van der Waals surface area (Å²) in [4.78, 5) is 12.1. The predicted octanol–water partition coefficient (Wildman–Crippen LogP) is 1.84. The summed E-state index contributed by atoms with van der Waals surface area (Å²) in [6, 6.07) is 11.5. The van der Waals surface area contributed by atoms with Gasteiger partial charge in [0.25, 0.3) is 5.91 Å². The monoisotopic (exact) mass is 330 g/mol. The van der Waals surface area contributed by atoms with Crippen LogP contribution in [0.15, 0.2) is 47.4 Å². The van der Waals surface area contributed by atoms with E-state index in [4.69, 9.17) is 9.88 Å². The molecular formula is C16H14N2O4S. The van der Waals surface area contributed by atoms with Crippen LogP contribution in [0, 0.1) is 0 Å². The molecule has 1 aliphatic heterocycles. The molecule has 3 rings (SSSR count). The number of nitrogens with one attached hydrogen (secondary N) is 1. The lowest BCUT2D eigenvalue weighted by molar-refractivity contribution is -0.110. The highest BCUT2D eigenvalue weighted by Gasteiger charge is 2.25. The number of sulfonamides is 1. The molecule has 0 unspecified atom stereocenters. The van der Waals surface area contributed by atoms with Crippen molar-refractivity contribution in [3.63, 3.8) is 0 Å². The van der Waals surface area contributed by atoms with E-state index in [2.05, 4.69) is 5.32 Å². The number of benzene rings is 2. The largest absolute Gasteiger partial charge is 0.497 e. The molecule has 23 heavy (non-hydrogen) atoms. The minimum absolute atomic E-state index is 0.0339. The first kappa shape index (κ1) is 15.3. The van der Waals surface area contributed by atoms with Crippen molar-refractivity contribution < 1.29 is 17.9 Å². The lowest BCUT2D eigenvalue weighted by Gasteiger charge is -2.03. The zero-order chi connectivity index (χ0) is 16.6. The number of methoxy groups -OCH3 is 1. The van der Waals surface area contributed by atoms with Gasteiger partial charge in [-0.2, -0.15) is 0 Å². The fourth-order valence-corrected chi connectivity index (χ4v) is 2.89. The molecular weight excluding hydrogens is 316 g/mol. The highest BCUT2D eigenvalue weighted by atomic mass is 32.2. The number of primary sulfonamides is 1. The number of carbonyl (C=O) groups excluding carboxylic acids is 1. The maximum absolute atomic E-state index is 12.1. The third-order valence-corrected chi connectivity index (χ3v) is 4.44. The van der Waals surface area contributed by atoms with Crippen LogP contribution in [0.5, 0.6) is 5.75 Å². The highest BCUT2D eigenvalue weighted by molar-refractivity contribution is 7.89. The van der Waals surface area contributed by atoms with Gasteiger partial charge in [-0.1, -0.05) is 12.1 Å². The summed E-state index contributed by atoms with van der Waals surface area (Å²) in [5, 5.41) is 7.85. The Balaban J connectivity index is 2.07. The molecule has 0 bridgehead atoms. The molecule has 6 nitrogen and oxygen atoms in total. The second-order valence-electron chi connectivity index (χ2n) is 5.04. The number of anilines is 1. The Labute approximate surface area is 133 Å². The molecule has 2 aromatic carbocycles. The maximum Gasteiger partial charge on any atom is 0.256 e. The zero-order valence-corrected chi connectivity index (χ0v) is 13.1. The molecule has 2 aromatic rings. The first-order chi connectivity index (χ1) is 10.9. The van der Waals surface area contributed by atoms with Gasteiger partial charge in [-0.15, -0.1) is 0 Å². The Bertz CT molecular complexity index is 916. The van der Waals surface area contributed by atoms with Crippen LogP contribution in [0.2, 0.25) is 0 Å². The van der Waals surface area contributed by atoms with E-state index >= 15 is 0 Å². The molecule has 0 saturated heterocycles. The fraction of sp³-hybridized carbons (Fsp3) is 0.0625. The third-order valence-electron chi connectivity index (χ3n) is 3.53. The number of hydrogen-bond acceptors (Lipinski definition) is 4. The minimum atomic E-state index is -3.83. The van der Waals surface area contributed by atoms with E-state index in [1.54, 1.807) is 37.5 Å². The molecule has 3 N–H and O–H groups in total. The number of nitrogens with two attached hydrogens (primary N) is 1. The standard InChI is InChI=1S/C16H14N2O4S/c1-22-11-4-2-10(3-5-11)8-14-13-9-12(23(17,20)21)6-7-15(13)18-16(14)19/h2-9H,1H3,(H,18,19)(H2,17,20,21)/b14-8-. The van der Waals surface area contributed by atoms with Gasteiger partial charge in [0.1, 0.15) is 5.75 Å². The average Bonchev–Trinajstić information content (AvgIpc) is 2.82. The summed E-state index contributed by atoms with van der Waals surface area (Å²) < 4.78 is 28.1. The van der Waals surface area contributed by atoms with Crippen LogP contribution in [0.3, 0.4) is 0 Å². The normalized spacial score (nSPS) is 15.4. The Morgan fingerprint density at radius 2 is 1.83 bits per heavy atom. The minimum Gasteiger partial charge on any atom is -0.497 e. The highest BCUT2D eigenvalue weighted by Crippen LogP contribution is 2.34. The van der Waals surface area contributed by atoms with Gasteiger partial charge in [0, 0.05) is 16.8 Å². The fourth-order valence-electron chi connectivity index (χ4n) is 2.35. The number of fused-ring (bicyclic) bond motifs is 1. The molecule has 1 amide bonds. The molecule has 118 valence electrons. The predicted molar refractivity (Wildman–Crippen MR) is 87.3 cm³/mol. The molecule has 0 aromatic heterocycles. The first-order valence-electron chi connectivity index (χ1n) is 6.73. The summed E-state index contributed by atoms with van der Waals surface area (Å²) in [5.74, 6) is 0.419. The number of rotatable bonds is 3. The molecule has 0 fully saturated rings. The van der Waals surface area contributed by atoms with Crippen LogP contribution >= 0.6 is 0 Å². The van der Waals surface area contributed by atoms with Crippen molar-refractivity contribution in [3.8, 4) is 5.75 Å². The second kappa shape index (κ2) is 5.53. The van der Waals surface area contributed by atoms with Crippen LogP contribution in [-0.2, 0) is 14.8 Å². The Morgan fingerprint density at radius 3 is 2.43 bits per heavy atom. The van der Waals surface area contributed by atoms with Gasteiger partial charge in [-0.25, -0.2) is 13.6 Å². The molecule has 0 saturated carbocycles. The van der Waals surface area contributed by atoms with Gasteiger partial charge in [-0.3, -0.25) is 4.79 Å². The van der Waals surface area contributed by atoms with E-state index in [1.165, 1.54) is 18.2 Å². The van der Waals surface area contributed by atoms with Crippen LogP contribution in [0.25, 0.3) is 11.6 Å². The van der Waals surface area contributed by atoms with Gasteiger partial charge in [0.05, 0.1) is 12.0 Å². The SMILES string of the molecule is COc1ccc(/C=C2\C(=O)Nc3ccc(S(N)(=O)=O)cc32)cc1. The van der Waals surface area contributed by atoms with Gasteiger partial charge in [0.2, 0.25) is 10.0 Å². The summed E-state index contributed by atoms with van der Waals surface area (Å²) >= 11 is 0. The van der Waals surface area contributed by atoms with E-state index < -0.39 is 10.0 Å². The van der Waals surface area contributed by atoms with E-state index in [9.17, 15) is 13.2 Å². The van der Waals surface area contributed by atoms with Crippen molar-refractivity contribution >= 4 is 33.3 Å². The Morgan fingerprint density at radius 1 is 1.13 bits per heavy atom. The molecule has 0 spiro atoms. The van der Waals surface area contributed by atoms with E-state index in [0.717, 1.165) is 5.56 Å². The number of carbonyl (C=O) groups is 1. The van der Waals surface area contributed by atoms with Gasteiger partial charge in [0.15, 0.2) is 0 Å². The van der Waals surface area contributed by atoms with Gasteiger partial charge < -0.3 is 10.1 Å². The summed E-state index contributed by atoms with van der Waals surface area (Å²) in [5.41, 5.74) is 2.25. The number of amides is 1. The summed E-state index contributed by atoms with van der Waals surface area (Å²) in [7, 11) is -2.26.